The molecule has 0 aliphatic carbocycles. The number of nitriles is 1. The number of aryl methyl sites for hydroxylation is 1. The number of H-pyrrole nitrogens is 1. The fourth-order valence-electron chi connectivity index (χ4n) is 3.14. The van der Waals surface area contributed by atoms with Gasteiger partial charge in [-0.1, -0.05) is 60.2 Å². The summed E-state index contributed by atoms with van der Waals surface area (Å²) < 4.78 is 0. The van der Waals surface area contributed by atoms with E-state index in [1.165, 1.54) is 11.1 Å². The Bertz CT molecular complexity index is 1100. The van der Waals surface area contributed by atoms with Crippen LogP contribution in [0.1, 0.15) is 16.7 Å². The summed E-state index contributed by atoms with van der Waals surface area (Å²) in [4.78, 5) is 7.78. The molecule has 0 amide bonds. The van der Waals surface area contributed by atoms with E-state index in [4.69, 9.17) is 0 Å². The maximum atomic E-state index is 9.46. The van der Waals surface area contributed by atoms with Crippen molar-refractivity contribution in [2.24, 2.45) is 0 Å². The molecule has 0 bridgehead atoms. The van der Waals surface area contributed by atoms with Gasteiger partial charge in [0.25, 0.3) is 0 Å². The number of fused-ring (bicyclic) bond motifs is 1. The van der Waals surface area contributed by atoms with Crippen LogP contribution in [0.3, 0.4) is 0 Å². The molecule has 0 radical (unpaired) electrons. The number of pyridine rings is 1. The summed E-state index contributed by atoms with van der Waals surface area (Å²) in [7, 11) is 0. The third-order valence-electron chi connectivity index (χ3n) is 4.41. The van der Waals surface area contributed by atoms with Gasteiger partial charge >= 0.3 is 0 Å². The maximum Gasteiger partial charge on any atom is 0.141 e. The monoisotopic (exact) mass is 338 g/mol. The smallest absolute Gasteiger partial charge is 0.141 e. The van der Waals surface area contributed by atoms with Gasteiger partial charge in [0.1, 0.15) is 17.5 Å². The van der Waals surface area contributed by atoms with Crippen molar-refractivity contribution in [1.29, 1.82) is 5.26 Å². The number of hydrogen-bond donors (Lipinski definition) is 2. The molecule has 0 aliphatic heterocycles. The predicted octanol–water partition coefficient (Wildman–Crippen LogP) is 5.02. The Hall–Kier alpha value is -3.58. The number of nitrogens with zero attached hydrogens (tertiary/aromatic N) is 2. The Kier molecular flexibility index (Phi) is 4.12. The lowest BCUT2D eigenvalue weighted by Gasteiger charge is -2.10. The van der Waals surface area contributed by atoms with Crippen molar-refractivity contribution < 1.29 is 0 Å². The maximum absolute atomic E-state index is 9.46. The van der Waals surface area contributed by atoms with Crippen LogP contribution in [0.15, 0.2) is 66.9 Å². The van der Waals surface area contributed by atoms with Crippen LogP contribution in [0.4, 0.5) is 5.82 Å². The molecule has 0 saturated heterocycles. The average molecular weight is 338 g/mol. The highest BCUT2D eigenvalue weighted by Crippen LogP contribution is 2.32. The number of anilines is 1. The van der Waals surface area contributed by atoms with E-state index >= 15 is 0 Å². The first-order valence-electron chi connectivity index (χ1n) is 8.51. The summed E-state index contributed by atoms with van der Waals surface area (Å²) >= 11 is 0. The molecule has 4 rings (SSSR count). The van der Waals surface area contributed by atoms with Crippen molar-refractivity contribution in [3.63, 3.8) is 0 Å². The molecule has 2 aromatic heterocycles. The Labute approximate surface area is 152 Å². The van der Waals surface area contributed by atoms with Crippen molar-refractivity contribution in [3.8, 4) is 17.2 Å². The van der Waals surface area contributed by atoms with E-state index in [0.717, 1.165) is 28.0 Å². The van der Waals surface area contributed by atoms with Gasteiger partial charge in [0.15, 0.2) is 0 Å². The molecule has 2 aromatic carbocycles. The van der Waals surface area contributed by atoms with Crippen LogP contribution >= 0.6 is 0 Å². The molecule has 126 valence electrons. The molecule has 0 atom stereocenters. The minimum Gasteiger partial charge on any atom is -0.366 e. The Morgan fingerprint density at radius 2 is 1.92 bits per heavy atom. The highest BCUT2D eigenvalue weighted by molar-refractivity contribution is 5.98. The normalized spacial score (nSPS) is 10.6. The van der Waals surface area contributed by atoms with Gasteiger partial charge in [-0.25, -0.2) is 4.98 Å². The highest BCUT2D eigenvalue weighted by atomic mass is 15.0. The largest absolute Gasteiger partial charge is 0.366 e. The van der Waals surface area contributed by atoms with Crippen LogP contribution in [0.5, 0.6) is 0 Å². The van der Waals surface area contributed by atoms with Gasteiger partial charge < -0.3 is 10.3 Å². The van der Waals surface area contributed by atoms with Crippen molar-refractivity contribution in [2.75, 3.05) is 5.32 Å². The standard InChI is InChI=1S/C22H18N4/c1-15-6-5-9-17(10-15)19-11-20(24-13-16-7-3-2-4-8-16)26-22-21(19)18(12-23)14-25-22/h2-11,14H,13H2,1H3,(H2,24,25,26). The van der Waals surface area contributed by atoms with E-state index in [-0.39, 0.29) is 0 Å². The fraction of sp³-hybridized carbons (Fsp3) is 0.0909. The predicted molar refractivity (Wildman–Crippen MR) is 105 cm³/mol. The molecule has 4 aromatic rings. The molecule has 0 saturated carbocycles. The zero-order valence-corrected chi connectivity index (χ0v) is 14.5. The Morgan fingerprint density at radius 1 is 1.08 bits per heavy atom. The fourth-order valence-corrected chi connectivity index (χ4v) is 3.14. The van der Waals surface area contributed by atoms with Crippen molar-refractivity contribution >= 4 is 16.9 Å². The number of benzene rings is 2. The van der Waals surface area contributed by atoms with E-state index < -0.39 is 0 Å². The van der Waals surface area contributed by atoms with Gasteiger partial charge in [-0.3, -0.25) is 0 Å². The molecule has 0 spiro atoms. The van der Waals surface area contributed by atoms with E-state index in [1.807, 2.05) is 30.3 Å². The number of rotatable bonds is 4. The third-order valence-corrected chi connectivity index (χ3v) is 4.41. The third kappa shape index (κ3) is 3.03. The minimum absolute atomic E-state index is 0.610. The SMILES string of the molecule is Cc1cccc(-c2cc(NCc3ccccc3)nc3[nH]cc(C#N)c23)c1. The highest BCUT2D eigenvalue weighted by Gasteiger charge is 2.13. The van der Waals surface area contributed by atoms with E-state index in [9.17, 15) is 5.26 Å². The molecule has 2 N–H and O–H groups in total. The molecule has 2 heterocycles. The van der Waals surface area contributed by atoms with E-state index in [0.29, 0.717) is 12.1 Å². The van der Waals surface area contributed by atoms with Crippen LogP contribution in [0, 0.1) is 18.3 Å². The van der Waals surface area contributed by atoms with Gasteiger partial charge in [-0.15, -0.1) is 0 Å². The van der Waals surface area contributed by atoms with Crippen LogP contribution in [0.25, 0.3) is 22.2 Å². The first-order valence-corrected chi connectivity index (χ1v) is 8.51. The summed E-state index contributed by atoms with van der Waals surface area (Å²) in [5.74, 6) is 0.782. The van der Waals surface area contributed by atoms with Gasteiger partial charge in [0, 0.05) is 18.1 Å². The van der Waals surface area contributed by atoms with E-state index in [2.05, 4.69) is 58.6 Å². The van der Waals surface area contributed by atoms with Crippen LogP contribution in [-0.2, 0) is 6.54 Å². The molecular weight excluding hydrogens is 320 g/mol. The van der Waals surface area contributed by atoms with Crippen molar-refractivity contribution in [1.82, 2.24) is 9.97 Å². The quantitative estimate of drug-likeness (QED) is 0.549. The Morgan fingerprint density at radius 3 is 2.69 bits per heavy atom. The van der Waals surface area contributed by atoms with Gasteiger partial charge in [0.2, 0.25) is 0 Å². The van der Waals surface area contributed by atoms with Crippen LogP contribution in [0.2, 0.25) is 0 Å². The topological polar surface area (TPSA) is 64.5 Å². The minimum atomic E-state index is 0.610. The second kappa shape index (κ2) is 6.73. The summed E-state index contributed by atoms with van der Waals surface area (Å²) in [5, 5.41) is 13.7. The second-order valence-corrected chi connectivity index (χ2v) is 6.30. The molecule has 0 fully saturated rings. The lowest BCUT2D eigenvalue weighted by molar-refractivity contribution is 1.12. The molecule has 0 unspecified atom stereocenters. The van der Waals surface area contributed by atoms with Crippen molar-refractivity contribution in [2.45, 2.75) is 13.5 Å². The molecular formula is C22H18N4. The summed E-state index contributed by atoms with van der Waals surface area (Å²) in [6.45, 7) is 2.76. The average Bonchev–Trinajstić information content (AvgIpc) is 3.09. The van der Waals surface area contributed by atoms with Crippen molar-refractivity contribution in [3.05, 3.63) is 83.6 Å². The zero-order valence-electron chi connectivity index (χ0n) is 14.5. The summed E-state index contributed by atoms with van der Waals surface area (Å²) in [6.07, 6.45) is 1.72. The summed E-state index contributed by atoms with van der Waals surface area (Å²) in [6, 6.07) is 22.8. The molecule has 4 heteroatoms. The molecule has 4 nitrogen and oxygen atoms in total. The Balaban J connectivity index is 1.80. The zero-order chi connectivity index (χ0) is 17.9. The van der Waals surface area contributed by atoms with Gasteiger partial charge in [-0.2, -0.15) is 5.26 Å². The lowest BCUT2D eigenvalue weighted by atomic mass is 9.99. The first kappa shape index (κ1) is 15.9. The van der Waals surface area contributed by atoms with E-state index in [1.54, 1.807) is 6.20 Å². The number of aromatic amines is 1. The molecule has 26 heavy (non-hydrogen) atoms. The number of hydrogen-bond acceptors (Lipinski definition) is 3. The van der Waals surface area contributed by atoms with Gasteiger partial charge in [0.05, 0.1) is 5.56 Å². The molecule has 0 aliphatic rings. The van der Waals surface area contributed by atoms with Crippen LogP contribution < -0.4 is 5.32 Å². The van der Waals surface area contributed by atoms with Gasteiger partial charge in [-0.05, 0) is 29.7 Å². The lowest BCUT2D eigenvalue weighted by Crippen LogP contribution is -2.02. The number of nitrogens with one attached hydrogen (secondary N) is 2. The second-order valence-electron chi connectivity index (χ2n) is 6.30. The van der Waals surface area contributed by atoms with Crippen LogP contribution in [-0.4, -0.2) is 9.97 Å². The summed E-state index contributed by atoms with van der Waals surface area (Å²) in [5.41, 5.74) is 5.79. The first-order chi connectivity index (χ1) is 12.7. The number of aromatic nitrogens is 2.